The summed E-state index contributed by atoms with van der Waals surface area (Å²) < 4.78 is 13.1. The quantitative estimate of drug-likeness (QED) is 0.163. The van der Waals surface area contributed by atoms with Gasteiger partial charge in [0.15, 0.2) is 0 Å². The molecule has 3 aromatic carbocycles. The Hall–Kier alpha value is -2.74. The van der Waals surface area contributed by atoms with E-state index in [1.165, 1.54) is 32.7 Å². The van der Waals surface area contributed by atoms with Gasteiger partial charge in [0.1, 0.15) is 11.5 Å². The Morgan fingerprint density at radius 1 is 0.656 bits per heavy atom. The van der Waals surface area contributed by atoms with E-state index < -0.39 is 0 Å². The number of benzene rings is 3. The zero-order chi connectivity index (χ0) is 22.8. The van der Waals surface area contributed by atoms with Crippen molar-refractivity contribution in [2.75, 3.05) is 13.2 Å². The van der Waals surface area contributed by atoms with Gasteiger partial charge in [0.2, 0.25) is 0 Å². The average Bonchev–Trinajstić information content (AvgIpc) is 2.83. The van der Waals surface area contributed by atoms with Gasteiger partial charge >= 0.3 is 0 Å². The van der Waals surface area contributed by atoms with E-state index >= 15 is 0 Å². The van der Waals surface area contributed by atoms with E-state index in [-0.39, 0.29) is 0 Å². The van der Waals surface area contributed by atoms with Gasteiger partial charge in [-0.2, -0.15) is 0 Å². The third-order valence-electron chi connectivity index (χ3n) is 6.00. The topological polar surface area (TPSA) is 18.5 Å². The molecule has 0 unspecified atom stereocenters. The monoisotopic (exact) mass is 430 g/mol. The number of hydrogen-bond donors (Lipinski definition) is 0. The van der Waals surface area contributed by atoms with Crippen LogP contribution < -0.4 is 9.47 Å². The first-order valence-electron chi connectivity index (χ1n) is 12.2. The summed E-state index contributed by atoms with van der Waals surface area (Å²) in [7, 11) is 0. The molecule has 170 valence electrons. The zero-order valence-electron chi connectivity index (χ0n) is 20.2. The molecule has 32 heavy (non-hydrogen) atoms. The lowest BCUT2D eigenvalue weighted by Gasteiger charge is -2.21. The Morgan fingerprint density at radius 2 is 1.09 bits per heavy atom. The summed E-state index contributed by atoms with van der Waals surface area (Å²) in [4.78, 5) is 0. The van der Waals surface area contributed by atoms with Crippen LogP contribution in [0.15, 0.2) is 60.7 Å². The molecule has 0 spiro atoms. The van der Waals surface area contributed by atoms with Crippen LogP contribution in [0.2, 0.25) is 0 Å². The fraction of sp³-hybridized carbons (Fsp3) is 0.400. The fourth-order valence-electron chi connectivity index (χ4n) is 4.36. The number of aryl methyl sites for hydroxylation is 2. The summed E-state index contributed by atoms with van der Waals surface area (Å²) in [5.74, 6) is 2.04. The first-order chi connectivity index (χ1) is 15.8. The van der Waals surface area contributed by atoms with Crippen LogP contribution in [0.3, 0.4) is 0 Å². The van der Waals surface area contributed by atoms with Crippen LogP contribution in [0, 0.1) is 0 Å². The molecule has 0 radical (unpaired) electrons. The predicted octanol–water partition coefficient (Wildman–Crippen LogP) is 8.59. The van der Waals surface area contributed by atoms with Gasteiger partial charge in [0.05, 0.1) is 13.2 Å². The van der Waals surface area contributed by atoms with Gasteiger partial charge in [-0.05, 0) is 63.5 Å². The standard InChI is InChI=1S/C30H38O2/c1-5-9-11-13-21-31-29-25-19-15-18-24(8-4)28(25)30(32-22-14-12-10-6-2)26-20-16-17-23(7-3)27(26)29/h5-6,9-10,15-20H,7-8,11-14,21-22H2,1-4H3/b9-5+,10-6+. The van der Waals surface area contributed by atoms with E-state index in [0.717, 1.165) is 50.0 Å². The Kier molecular flexibility index (Phi) is 9.22. The highest BCUT2D eigenvalue weighted by molar-refractivity contribution is 6.13. The maximum Gasteiger partial charge on any atom is 0.135 e. The minimum atomic E-state index is 0.715. The normalized spacial score (nSPS) is 11.9. The molecule has 0 N–H and O–H groups in total. The number of fused-ring (bicyclic) bond motifs is 2. The summed E-state index contributed by atoms with van der Waals surface area (Å²) in [5, 5.41) is 4.77. The maximum atomic E-state index is 6.54. The largest absolute Gasteiger partial charge is 0.492 e. The molecule has 0 aromatic heterocycles. The predicted molar refractivity (Wildman–Crippen MR) is 139 cm³/mol. The number of ether oxygens (including phenoxy) is 2. The molecule has 0 amide bonds. The van der Waals surface area contributed by atoms with Gasteiger partial charge in [0.25, 0.3) is 0 Å². The molecule has 2 nitrogen and oxygen atoms in total. The number of unbranched alkanes of at least 4 members (excludes halogenated alkanes) is 2. The third-order valence-corrected chi connectivity index (χ3v) is 6.00. The second-order valence-electron chi connectivity index (χ2n) is 8.16. The zero-order valence-corrected chi connectivity index (χ0v) is 20.2. The molecular weight excluding hydrogens is 392 g/mol. The first-order valence-corrected chi connectivity index (χ1v) is 12.2. The lowest BCUT2D eigenvalue weighted by atomic mass is 9.93. The van der Waals surface area contributed by atoms with Gasteiger partial charge < -0.3 is 9.47 Å². The Bertz CT molecular complexity index is 988. The smallest absolute Gasteiger partial charge is 0.135 e. The van der Waals surface area contributed by atoms with Crippen LogP contribution in [0.25, 0.3) is 21.5 Å². The van der Waals surface area contributed by atoms with E-state index in [4.69, 9.17) is 9.47 Å². The highest BCUT2D eigenvalue weighted by atomic mass is 16.5. The lowest BCUT2D eigenvalue weighted by molar-refractivity contribution is 0.314. The molecule has 2 heteroatoms. The van der Waals surface area contributed by atoms with E-state index in [0.29, 0.717) is 13.2 Å². The van der Waals surface area contributed by atoms with Crippen molar-refractivity contribution in [2.45, 2.75) is 66.2 Å². The minimum Gasteiger partial charge on any atom is -0.492 e. The van der Waals surface area contributed by atoms with Crippen molar-refractivity contribution in [2.24, 2.45) is 0 Å². The summed E-state index contributed by atoms with van der Waals surface area (Å²) in [6.45, 7) is 10.0. The minimum absolute atomic E-state index is 0.715. The summed E-state index contributed by atoms with van der Waals surface area (Å²) in [6, 6.07) is 13.2. The molecule has 0 atom stereocenters. The highest BCUT2D eigenvalue weighted by Crippen LogP contribution is 2.46. The number of rotatable bonds is 12. The molecule has 0 aliphatic carbocycles. The summed E-state index contributed by atoms with van der Waals surface area (Å²) in [6.07, 6.45) is 14.7. The lowest BCUT2D eigenvalue weighted by Crippen LogP contribution is -2.04. The first kappa shape index (κ1) is 23.9. The van der Waals surface area contributed by atoms with Gasteiger partial charge in [0, 0.05) is 21.5 Å². The highest BCUT2D eigenvalue weighted by Gasteiger charge is 2.20. The molecule has 0 fully saturated rings. The second kappa shape index (κ2) is 12.3. The molecule has 0 aliphatic heterocycles. The van der Waals surface area contributed by atoms with Crippen molar-refractivity contribution >= 4 is 21.5 Å². The average molecular weight is 431 g/mol. The molecule has 0 saturated heterocycles. The van der Waals surface area contributed by atoms with Crippen molar-refractivity contribution in [1.82, 2.24) is 0 Å². The van der Waals surface area contributed by atoms with Crippen LogP contribution in [-0.2, 0) is 12.8 Å². The van der Waals surface area contributed by atoms with Crippen LogP contribution in [0.4, 0.5) is 0 Å². The van der Waals surface area contributed by atoms with Crippen molar-refractivity contribution in [3.8, 4) is 11.5 Å². The number of allylic oxidation sites excluding steroid dienone is 4. The van der Waals surface area contributed by atoms with Crippen LogP contribution in [0.5, 0.6) is 11.5 Å². The fourth-order valence-corrected chi connectivity index (χ4v) is 4.36. The van der Waals surface area contributed by atoms with E-state index in [9.17, 15) is 0 Å². The molecule has 0 aliphatic rings. The van der Waals surface area contributed by atoms with Gasteiger partial charge in [-0.25, -0.2) is 0 Å². The summed E-state index contributed by atoms with van der Waals surface area (Å²) in [5.41, 5.74) is 2.63. The Morgan fingerprint density at radius 3 is 1.47 bits per heavy atom. The Balaban J connectivity index is 2.16. The second-order valence-corrected chi connectivity index (χ2v) is 8.16. The molecule has 0 bridgehead atoms. The van der Waals surface area contributed by atoms with Crippen molar-refractivity contribution < 1.29 is 9.47 Å². The summed E-state index contributed by atoms with van der Waals surface area (Å²) >= 11 is 0. The molecular formula is C30H38O2. The van der Waals surface area contributed by atoms with E-state index in [1.54, 1.807) is 0 Å². The van der Waals surface area contributed by atoms with Crippen LogP contribution in [-0.4, -0.2) is 13.2 Å². The maximum absolute atomic E-state index is 6.54. The number of hydrogen-bond acceptors (Lipinski definition) is 2. The molecule has 0 saturated carbocycles. The molecule has 0 heterocycles. The van der Waals surface area contributed by atoms with E-state index in [1.807, 2.05) is 0 Å². The van der Waals surface area contributed by atoms with Gasteiger partial charge in [-0.15, -0.1) is 0 Å². The third kappa shape index (κ3) is 5.35. The SMILES string of the molecule is C/C=C/CCCOc1c2cccc(CC)c2c(OCCC/C=C/C)c2cccc(CC)c12. The van der Waals surface area contributed by atoms with Crippen molar-refractivity contribution in [3.05, 3.63) is 71.8 Å². The molecule has 3 rings (SSSR count). The van der Waals surface area contributed by atoms with Crippen molar-refractivity contribution in [3.63, 3.8) is 0 Å². The van der Waals surface area contributed by atoms with Gasteiger partial charge in [-0.3, -0.25) is 0 Å². The van der Waals surface area contributed by atoms with Gasteiger partial charge in [-0.1, -0.05) is 74.5 Å². The van der Waals surface area contributed by atoms with E-state index in [2.05, 4.69) is 88.4 Å². The Labute approximate surface area is 193 Å². The molecule has 3 aromatic rings. The van der Waals surface area contributed by atoms with Crippen LogP contribution in [0.1, 0.15) is 64.5 Å². The van der Waals surface area contributed by atoms with Crippen molar-refractivity contribution in [1.29, 1.82) is 0 Å². The van der Waals surface area contributed by atoms with Crippen LogP contribution >= 0.6 is 0 Å².